The molecule has 0 saturated heterocycles. The number of benzene rings is 1. The van der Waals surface area contributed by atoms with Gasteiger partial charge < -0.3 is 0 Å². The van der Waals surface area contributed by atoms with Gasteiger partial charge in [-0.2, -0.15) is 0 Å². The van der Waals surface area contributed by atoms with Gasteiger partial charge in [0.25, 0.3) is 5.91 Å². The zero-order chi connectivity index (χ0) is 15.4. The van der Waals surface area contributed by atoms with Crippen LogP contribution in [-0.4, -0.2) is 42.1 Å². The predicted molar refractivity (Wildman–Crippen MR) is 83.4 cm³/mol. The van der Waals surface area contributed by atoms with Crippen LogP contribution in [0.5, 0.6) is 0 Å². The lowest BCUT2D eigenvalue weighted by molar-refractivity contribution is 0.102. The van der Waals surface area contributed by atoms with E-state index >= 15 is 0 Å². The van der Waals surface area contributed by atoms with E-state index in [1.807, 2.05) is 13.0 Å². The number of thioether (sulfide) groups is 1. The molecular formula is C12H11N7OS2. The summed E-state index contributed by atoms with van der Waals surface area (Å²) in [5, 5.41) is 22.1. The summed E-state index contributed by atoms with van der Waals surface area (Å²) in [4.78, 5) is 12.3. The van der Waals surface area contributed by atoms with E-state index in [1.165, 1.54) is 22.3 Å². The molecule has 1 aromatic carbocycles. The van der Waals surface area contributed by atoms with Crippen molar-refractivity contribution < 1.29 is 4.79 Å². The number of aromatic nitrogens is 6. The Kier molecular flexibility index (Phi) is 4.39. The van der Waals surface area contributed by atoms with Crippen LogP contribution in [0.2, 0.25) is 0 Å². The molecule has 8 nitrogen and oxygen atoms in total. The Morgan fingerprint density at radius 2 is 2.32 bits per heavy atom. The van der Waals surface area contributed by atoms with Crippen LogP contribution >= 0.6 is 23.1 Å². The number of anilines is 1. The molecule has 112 valence electrons. The van der Waals surface area contributed by atoms with Crippen molar-refractivity contribution in [2.75, 3.05) is 11.1 Å². The zero-order valence-electron chi connectivity index (χ0n) is 11.5. The lowest BCUT2D eigenvalue weighted by Crippen LogP contribution is -2.12. The average molecular weight is 333 g/mol. The van der Waals surface area contributed by atoms with Crippen LogP contribution in [0.25, 0.3) is 5.69 Å². The Hall–Kier alpha value is -2.33. The van der Waals surface area contributed by atoms with Gasteiger partial charge in [-0.3, -0.25) is 10.1 Å². The lowest BCUT2D eigenvalue weighted by Gasteiger charge is -2.03. The molecular weight excluding hydrogens is 322 g/mol. The van der Waals surface area contributed by atoms with Crippen LogP contribution in [0, 0.1) is 0 Å². The van der Waals surface area contributed by atoms with Crippen molar-refractivity contribution in [1.82, 2.24) is 30.4 Å². The Morgan fingerprint density at radius 3 is 3.09 bits per heavy atom. The SMILES string of the molecule is CCSc1nnc(NC(=O)c2cccc(-n3cnnn3)c2)s1. The molecule has 0 saturated carbocycles. The summed E-state index contributed by atoms with van der Waals surface area (Å²) in [6.45, 7) is 2.04. The van der Waals surface area contributed by atoms with Gasteiger partial charge >= 0.3 is 0 Å². The first-order valence-electron chi connectivity index (χ1n) is 6.37. The van der Waals surface area contributed by atoms with E-state index in [9.17, 15) is 4.79 Å². The van der Waals surface area contributed by atoms with Gasteiger partial charge in [0.2, 0.25) is 5.13 Å². The molecule has 0 fully saturated rings. The minimum Gasteiger partial charge on any atom is -0.296 e. The molecule has 0 radical (unpaired) electrons. The monoisotopic (exact) mass is 333 g/mol. The maximum absolute atomic E-state index is 12.3. The predicted octanol–water partition coefficient (Wildman–Crippen LogP) is 1.88. The number of carbonyl (C=O) groups excluding carboxylic acids is 1. The van der Waals surface area contributed by atoms with E-state index in [2.05, 4.69) is 31.0 Å². The van der Waals surface area contributed by atoms with Crippen molar-refractivity contribution in [1.29, 1.82) is 0 Å². The minimum atomic E-state index is -0.251. The largest absolute Gasteiger partial charge is 0.296 e. The summed E-state index contributed by atoms with van der Waals surface area (Å²) in [5.41, 5.74) is 1.20. The fourth-order valence-electron chi connectivity index (χ4n) is 1.68. The molecule has 0 bridgehead atoms. The van der Waals surface area contributed by atoms with Gasteiger partial charge in [-0.1, -0.05) is 36.1 Å². The summed E-state index contributed by atoms with van der Waals surface area (Å²) in [6, 6.07) is 7.00. The highest BCUT2D eigenvalue weighted by atomic mass is 32.2. The first-order valence-corrected chi connectivity index (χ1v) is 8.17. The van der Waals surface area contributed by atoms with Crippen molar-refractivity contribution in [3.05, 3.63) is 36.2 Å². The zero-order valence-corrected chi connectivity index (χ0v) is 13.1. The fourth-order valence-corrected chi connectivity index (χ4v) is 3.32. The number of amides is 1. The number of nitrogens with one attached hydrogen (secondary N) is 1. The topological polar surface area (TPSA) is 98.5 Å². The molecule has 2 aromatic heterocycles. The molecule has 0 aliphatic rings. The maximum atomic E-state index is 12.3. The number of nitrogens with zero attached hydrogens (tertiary/aromatic N) is 6. The average Bonchev–Trinajstić information content (AvgIpc) is 3.20. The van der Waals surface area contributed by atoms with Gasteiger partial charge in [0, 0.05) is 5.56 Å². The van der Waals surface area contributed by atoms with Crippen molar-refractivity contribution in [3.8, 4) is 5.69 Å². The van der Waals surface area contributed by atoms with E-state index in [-0.39, 0.29) is 5.91 Å². The van der Waals surface area contributed by atoms with Crippen LogP contribution in [0.1, 0.15) is 17.3 Å². The Labute approximate surface area is 134 Å². The van der Waals surface area contributed by atoms with E-state index in [1.54, 1.807) is 30.0 Å². The highest BCUT2D eigenvalue weighted by Crippen LogP contribution is 2.25. The summed E-state index contributed by atoms with van der Waals surface area (Å²) in [5.74, 6) is 0.662. The molecule has 1 N–H and O–H groups in total. The molecule has 3 rings (SSSR count). The fraction of sp³-hybridized carbons (Fsp3) is 0.167. The van der Waals surface area contributed by atoms with Gasteiger partial charge in [-0.05, 0) is 34.4 Å². The summed E-state index contributed by atoms with van der Waals surface area (Å²) >= 11 is 2.94. The van der Waals surface area contributed by atoms with Gasteiger partial charge in [0.1, 0.15) is 6.33 Å². The summed E-state index contributed by atoms with van der Waals surface area (Å²) < 4.78 is 2.32. The van der Waals surface area contributed by atoms with Crippen LogP contribution < -0.4 is 5.32 Å². The van der Waals surface area contributed by atoms with Crippen LogP contribution in [-0.2, 0) is 0 Å². The molecule has 2 heterocycles. The van der Waals surface area contributed by atoms with Crippen molar-refractivity contribution in [2.45, 2.75) is 11.3 Å². The normalized spacial score (nSPS) is 10.6. The molecule has 0 aliphatic heterocycles. The first kappa shape index (κ1) is 14.6. The molecule has 0 atom stereocenters. The first-order chi connectivity index (χ1) is 10.8. The second-order valence-electron chi connectivity index (χ2n) is 4.06. The van der Waals surface area contributed by atoms with Gasteiger partial charge in [0.05, 0.1) is 5.69 Å². The van der Waals surface area contributed by atoms with Crippen LogP contribution in [0.3, 0.4) is 0 Å². The second kappa shape index (κ2) is 6.62. The number of carbonyl (C=O) groups is 1. The van der Waals surface area contributed by atoms with Crippen LogP contribution in [0.4, 0.5) is 5.13 Å². The second-order valence-corrected chi connectivity index (χ2v) is 6.55. The third-order valence-electron chi connectivity index (χ3n) is 2.62. The molecule has 22 heavy (non-hydrogen) atoms. The van der Waals surface area contributed by atoms with E-state index < -0.39 is 0 Å². The molecule has 0 spiro atoms. The lowest BCUT2D eigenvalue weighted by atomic mass is 10.2. The Balaban J connectivity index is 1.75. The quantitative estimate of drug-likeness (QED) is 0.562. The van der Waals surface area contributed by atoms with E-state index in [0.29, 0.717) is 16.4 Å². The maximum Gasteiger partial charge on any atom is 0.257 e. The van der Waals surface area contributed by atoms with Crippen molar-refractivity contribution in [2.24, 2.45) is 0 Å². The van der Waals surface area contributed by atoms with Gasteiger partial charge in [-0.15, -0.1) is 15.3 Å². The molecule has 3 aromatic rings. The van der Waals surface area contributed by atoms with Crippen molar-refractivity contribution >= 4 is 34.1 Å². The Bertz CT molecular complexity index is 771. The molecule has 10 heteroatoms. The van der Waals surface area contributed by atoms with E-state index in [0.717, 1.165) is 10.1 Å². The highest BCUT2D eigenvalue weighted by Gasteiger charge is 2.11. The molecule has 1 amide bonds. The number of tetrazole rings is 1. The van der Waals surface area contributed by atoms with Gasteiger partial charge in [0.15, 0.2) is 4.34 Å². The van der Waals surface area contributed by atoms with Crippen LogP contribution in [0.15, 0.2) is 34.9 Å². The Morgan fingerprint density at radius 1 is 1.41 bits per heavy atom. The van der Waals surface area contributed by atoms with Crippen molar-refractivity contribution in [3.63, 3.8) is 0 Å². The third-order valence-corrected chi connectivity index (χ3v) is 4.47. The van der Waals surface area contributed by atoms with E-state index in [4.69, 9.17) is 0 Å². The third kappa shape index (κ3) is 3.28. The number of hydrogen-bond acceptors (Lipinski definition) is 8. The minimum absolute atomic E-state index is 0.251. The smallest absolute Gasteiger partial charge is 0.257 e. The number of hydrogen-bond donors (Lipinski definition) is 1. The summed E-state index contributed by atoms with van der Waals surface area (Å²) in [6.07, 6.45) is 1.47. The molecule has 0 aliphatic carbocycles. The summed E-state index contributed by atoms with van der Waals surface area (Å²) in [7, 11) is 0. The van der Waals surface area contributed by atoms with Gasteiger partial charge in [-0.25, -0.2) is 4.68 Å². The number of rotatable bonds is 5. The highest BCUT2D eigenvalue weighted by molar-refractivity contribution is 8.01. The standard InChI is InChI=1S/C12H11N7OS2/c1-2-21-12-16-15-11(22-12)14-10(20)8-4-3-5-9(6-8)19-7-13-17-18-19/h3-7H,2H2,1H3,(H,14,15,20). The molecule has 0 unspecified atom stereocenters.